The van der Waals surface area contributed by atoms with Gasteiger partial charge in [-0.3, -0.25) is 4.79 Å². The summed E-state index contributed by atoms with van der Waals surface area (Å²) >= 11 is 0. The number of rotatable bonds is 5. The van der Waals surface area contributed by atoms with E-state index in [-0.39, 0.29) is 11.8 Å². The lowest BCUT2D eigenvalue weighted by atomic mass is 10.0. The highest BCUT2D eigenvalue weighted by Crippen LogP contribution is 2.17. The van der Waals surface area contributed by atoms with Crippen LogP contribution in [0.5, 0.6) is 0 Å². The number of urea groups is 1. The number of amides is 3. The van der Waals surface area contributed by atoms with Gasteiger partial charge >= 0.3 is 6.03 Å². The van der Waals surface area contributed by atoms with Crippen molar-refractivity contribution in [2.24, 2.45) is 11.7 Å². The fourth-order valence-corrected chi connectivity index (χ4v) is 1.86. The third-order valence-corrected chi connectivity index (χ3v) is 3.09. The van der Waals surface area contributed by atoms with Crippen LogP contribution in [0.1, 0.15) is 39.2 Å². The van der Waals surface area contributed by atoms with Gasteiger partial charge in [0, 0.05) is 5.69 Å². The number of carbonyl (C=O) groups is 2. The summed E-state index contributed by atoms with van der Waals surface area (Å²) in [5, 5.41) is 5.24. The first-order valence-corrected chi connectivity index (χ1v) is 6.78. The van der Waals surface area contributed by atoms with Crippen molar-refractivity contribution in [3.05, 3.63) is 29.8 Å². The van der Waals surface area contributed by atoms with Gasteiger partial charge in [-0.05, 0) is 29.5 Å². The molecule has 0 fully saturated rings. The SMILES string of the molecule is CC(C)c1ccc(NC(=O)[C@H](NC(N)=O)C(C)C)cc1. The van der Waals surface area contributed by atoms with E-state index in [1.165, 1.54) is 5.56 Å². The average Bonchev–Trinajstić information content (AvgIpc) is 2.35. The Labute approximate surface area is 119 Å². The molecule has 0 bridgehead atoms. The van der Waals surface area contributed by atoms with Gasteiger partial charge in [-0.1, -0.05) is 39.8 Å². The van der Waals surface area contributed by atoms with Crippen LogP contribution in [0.4, 0.5) is 10.5 Å². The maximum atomic E-state index is 12.1. The van der Waals surface area contributed by atoms with Crippen molar-refractivity contribution in [2.75, 3.05) is 5.32 Å². The highest BCUT2D eigenvalue weighted by Gasteiger charge is 2.23. The molecule has 0 saturated carbocycles. The third-order valence-electron chi connectivity index (χ3n) is 3.09. The summed E-state index contributed by atoms with van der Waals surface area (Å²) in [6.45, 7) is 7.92. The van der Waals surface area contributed by atoms with Crippen molar-refractivity contribution in [1.29, 1.82) is 0 Å². The van der Waals surface area contributed by atoms with E-state index in [4.69, 9.17) is 5.73 Å². The van der Waals surface area contributed by atoms with Crippen LogP contribution in [-0.4, -0.2) is 18.0 Å². The first-order valence-electron chi connectivity index (χ1n) is 6.78. The van der Waals surface area contributed by atoms with Crippen molar-refractivity contribution < 1.29 is 9.59 Å². The lowest BCUT2D eigenvalue weighted by Crippen LogP contribution is -2.49. The van der Waals surface area contributed by atoms with Gasteiger partial charge in [0.2, 0.25) is 5.91 Å². The van der Waals surface area contributed by atoms with Gasteiger partial charge in [0.15, 0.2) is 0 Å². The topological polar surface area (TPSA) is 84.2 Å². The van der Waals surface area contributed by atoms with Crippen molar-refractivity contribution in [1.82, 2.24) is 5.32 Å². The largest absolute Gasteiger partial charge is 0.352 e. The van der Waals surface area contributed by atoms with Gasteiger partial charge in [-0.25, -0.2) is 4.79 Å². The molecule has 0 heterocycles. The molecule has 4 N–H and O–H groups in total. The first kappa shape index (κ1) is 16.0. The van der Waals surface area contributed by atoms with E-state index in [0.29, 0.717) is 11.6 Å². The van der Waals surface area contributed by atoms with Crippen LogP contribution >= 0.6 is 0 Å². The minimum Gasteiger partial charge on any atom is -0.352 e. The Morgan fingerprint density at radius 3 is 2.00 bits per heavy atom. The second-order valence-electron chi connectivity index (χ2n) is 5.50. The molecule has 0 aliphatic rings. The molecule has 0 spiro atoms. The summed E-state index contributed by atoms with van der Waals surface area (Å²) in [4.78, 5) is 23.0. The first-order chi connectivity index (χ1) is 9.31. The Morgan fingerprint density at radius 1 is 1.05 bits per heavy atom. The van der Waals surface area contributed by atoms with Crippen LogP contribution in [-0.2, 0) is 4.79 Å². The number of anilines is 1. The maximum Gasteiger partial charge on any atom is 0.312 e. The molecule has 0 aliphatic heterocycles. The van der Waals surface area contributed by atoms with E-state index < -0.39 is 12.1 Å². The molecular formula is C15H23N3O2. The smallest absolute Gasteiger partial charge is 0.312 e. The zero-order valence-electron chi connectivity index (χ0n) is 12.4. The lowest BCUT2D eigenvalue weighted by Gasteiger charge is -2.20. The summed E-state index contributed by atoms with van der Waals surface area (Å²) in [6, 6.07) is 6.33. The van der Waals surface area contributed by atoms with Gasteiger partial charge in [0.1, 0.15) is 6.04 Å². The summed E-state index contributed by atoms with van der Waals surface area (Å²) in [7, 11) is 0. The fourth-order valence-electron chi connectivity index (χ4n) is 1.86. The second kappa shape index (κ2) is 6.93. The van der Waals surface area contributed by atoms with Gasteiger partial charge in [0.05, 0.1) is 0 Å². The summed E-state index contributed by atoms with van der Waals surface area (Å²) in [5.41, 5.74) is 7.00. The molecule has 1 aromatic rings. The summed E-state index contributed by atoms with van der Waals surface area (Å²) in [5.74, 6) is 0.133. The third kappa shape index (κ3) is 4.57. The van der Waals surface area contributed by atoms with Gasteiger partial charge < -0.3 is 16.4 Å². The molecule has 0 aromatic heterocycles. The standard InChI is InChI=1S/C15H23N3O2/c1-9(2)11-5-7-12(8-6-11)17-14(19)13(10(3)4)18-15(16)20/h5-10,13H,1-4H3,(H,17,19)(H3,16,18,20)/t13-/m1/s1. The van der Waals surface area contributed by atoms with Crippen LogP contribution in [0.25, 0.3) is 0 Å². The van der Waals surface area contributed by atoms with Crippen molar-refractivity contribution in [2.45, 2.75) is 39.7 Å². The minimum absolute atomic E-state index is 0.0440. The number of hydrogen-bond donors (Lipinski definition) is 3. The molecule has 1 aromatic carbocycles. The van der Waals surface area contributed by atoms with Crippen LogP contribution in [0.3, 0.4) is 0 Å². The Kier molecular flexibility index (Phi) is 5.55. The predicted octanol–water partition coefficient (Wildman–Crippen LogP) is 2.44. The fraction of sp³-hybridized carbons (Fsp3) is 0.467. The van der Waals surface area contributed by atoms with Gasteiger partial charge in [-0.15, -0.1) is 0 Å². The Bertz CT molecular complexity index is 467. The molecule has 1 rings (SSSR count). The highest BCUT2D eigenvalue weighted by molar-refractivity contribution is 5.97. The normalized spacial score (nSPS) is 12.3. The zero-order valence-corrected chi connectivity index (χ0v) is 12.4. The van der Waals surface area contributed by atoms with Crippen molar-refractivity contribution in [3.8, 4) is 0 Å². The van der Waals surface area contributed by atoms with E-state index in [0.717, 1.165) is 0 Å². The number of benzene rings is 1. The number of primary amides is 1. The molecule has 0 saturated heterocycles. The van der Waals surface area contributed by atoms with Crippen LogP contribution in [0.2, 0.25) is 0 Å². The molecule has 20 heavy (non-hydrogen) atoms. The number of nitrogens with two attached hydrogens (primary N) is 1. The van der Waals surface area contributed by atoms with E-state index in [2.05, 4.69) is 24.5 Å². The summed E-state index contributed by atoms with van der Waals surface area (Å²) in [6.07, 6.45) is 0. The van der Waals surface area contributed by atoms with E-state index in [1.54, 1.807) is 0 Å². The van der Waals surface area contributed by atoms with E-state index in [9.17, 15) is 9.59 Å². The van der Waals surface area contributed by atoms with Crippen molar-refractivity contribution >= 4 is 17.6 Å². The molecular weight excluding hydrogens is 254 g/mol. The molecule has 5 heteroatoms. The molecule has 110 valence electrons. The molecule has 0 aliphatic carbocycles. The van der Waals surface area contributed by atoms with Crippen LogP contribution in [0, 0.1) is 5.92 Å². The van der Waals surface area contributed by atoms with E-state index in [1.807, 2.05) is 38.1 Å². The monoisotopic (exact) mass is 277 g/mol. The number of nitrogens with one attached hydrogen (secondary N) is 2. The highest BCUT2D eigenvalue weighted by atomic mass is 16.2. The zero-order chi connectivity index (χ0) is 15.3. The second-order valence-corrected chi connectivity index (χ2v) is 5.50. The maximum absolute atomic E-state index is 12.1. The summed E-state index contributed by atoms with van der Waals surface area (Å²) < 4.78 is 0. The van der Waals surface area contributed by atoms with Crippen molar-refractivity contribution in [3.63, 3.8) is 0 Å². The van der Waals surface area contributed by atoms with Gasteiger partial charge in [0.25, 0.3) is 0 Å². The van der Waals surface area contributed by atoms with Gasteiger partial charge in [-0.2, -0.15) is 0 Å². The van der Waals surface area contributed by atoms with Crippen LogP contribution < -0.4 is 16.4 Å². The van der Waals surface area contributed by atoms with E-state index >= 15 is 0 Å². The molecule has 1 atom stereocenters. The average molecular weight is 277 g/mol. The van der Waals surface area contributed by atoms with Crippen LogP contribution in [0.15, 0.2) is 24.3 Å². The lowest BCUT2D eigenvalue weighted by molar-refractivity contribution is -0.118. The Balaban J connectivity index is 2.75. The molecule has 5 nitrogen and oxygen atoms in total. The number of carbonyl (C=O) groups excluding carboxylic acids is 2. The Morgan fingerprint density at radius 2 is 1.60 bits per heavy atom. The molecule has 3 amide bonds. The Hall–Kier alpha value is -2.04. The minimum atomic E-state index is -0.700. The predicted molar refractivity (Wildman–Crippen MR) is 80.5 cm³/mol. The molecule has 0 unspecified atom stereocenters. The molecule has 0 radical (unpaired) electrons. The quantitative estimate of drug-likeness (QED) is 0.772. The number of hydrogen-bond acceptors (Lipinski definition) is 2.